The van der Waals surface area contributed by atoms with Crippen LogP contribution in [-0.2, 0) is 6.42 Å². The first-order chi connectivity index (χ1) is 13.0. The topological polar surface area (TPSA) is 85.6 Å². The molecule has 7 nitrogen and oxygen atoms in total. The number of aromatic nitrogens is 5. The van der Waals surface area contributed by atoms with E-state index in [4.69, 9.17) is 0 Å². The Morgan fingerprint density at radius 1 is 1.26 bits per heavy atom. The van der Waals surface area contributed by atoms with Crippen molar-refractivity contribution in [2.45, 2.75) is 33.6 Å². The van der Waals surface area contributed by atoms with Crippen molar-refractivity contribution in [3.8, 4) is 5.13 Å². The molecule has 0 spiro atoms. The van der Waals surface area contributed by atoms with Crippen LogP contribution in [-0.4, -0.2) is 30.3 Å². The number of hydrogen-bond acceptors (Lipinski definition) is 7. The monoisotopic (exact) mass is 398 g/mol. The fourth-order valence-corrected chi connectivity index (χ4v) is 4.43. The van der Waals surface area contributed by atoms with Crippen molar-refractivity contribution in [3.63, 3.8) is 0 Å². The maximum Gasteiger partial charge on any atom is 0.270 e. The summed E-state index contributed by atoms with van der Waals surface area (Å²) in [5.41, 5.74) is 3.64. The van der Waals surface area contributed by atoms with Gasteiger partial charge in [0, 0.05) is 6.07 Å². The molecule has 0 fully saturated rings. The van der Waals surface area contributed by atoms with Crippen LogP contribution in [0.15, 0.2) is 24.3 Å². The van der Waals surface area contributed by atoms with Crippen molar-refractivity contribution in [1.29, 1.82) is 0 Å². The lowest BCUT2D eigenvalue weighted by Crippen LogP contribution is -2.15. The van der Waals surface area contributed by atoms with Crippen LogP contribution >= 0.6 is 22.9 Å². The highest BCUT2D eigenvalue weighted by molar-refractivity contribution is 7.20. The van der Waals surface area contributed by atoms with Gasteiger partial charge in [-0.25, -0.2) is 4.98 Å². The number of carbonyl (C=O) groups excluding carboxylic acids is 1. The largest absolute Gasteiger partial charge is 0.306 e. The van der Waals surface area contributed by atoms with E-state index in [2.05, 4.69) is 38.0 Å². The minimum Gasteiger partial charge on any atom is -0.306 e. The number of amides is 1. The van der Waals surface area contributed by atoms with Gasteiger partial charge in [-0.15, -0.1) is 5.10 Å². The number of aryl methyl sites for hydroxylation is 3. The maximum atomic E-state index is 12.7. The van der Waals surface area contributed by atoms with Crippen molar-refractivity contribution in [3.05, 3.63) is 46.1 Å². The predicted octanol–water partition coefficient (Wildman–Crippen LogP) is 4.16. The van der Waals surface area contributed by atoms with E-state index in [0.29, 0.717) is 10.7 Å². The third kappa shape index (κ3) is 3.47. The molecule has 0 aliphatic heterocycles. The lowest BCUT2D eigenvalue weighted by molar-refractivity contribution is 0.102. The second-order valence-corrected chi connectivity index (χ2v) is 8.07. The Morgan fingerprint density at radius 3 is 2.93 bits per heavy atom. The SMILES string of the molecule is CCCc1nnsc1C(=O)Nc1cc(C)nn1-c1nc2ccc(C)cc2s1. The quantitative estimate of drug-likeness (QED) is 0.546. The van der Waals surface area contributed by atoms with Crippen LogP contribution in [0.5, 0.6) is 0 Å². The standard InChI is InChI=1S/C18H18N6OS2/c1-4-5-13-16(27-23-21-13)17(25)20-15-9-11(3)22-24(15)18-19-12-7-6-10(2)8-14(12)26-18/h6-9H,4-5H2,1-3H3,(H,20,25). The average molecular weight is 399 g/mol. The van der Waals surface area contributed by atoms with Gasteiger partial charge in [0.15, 0.2) is 0 Å². The number of anilines is 1. The molecule has 0 unspecified atom stereocenters. The summed E-state index contributed by atoms with van der Waals surface area (Å²) in [6.07, 6.45) is 1.64. The van der Waals surface area contributed by atoms with Gasteiger partial charge in [0.25, 0.3) is 5.91 Å². The van der Waals surface area contributed by atoms with Crippen LogP contribution in [0.2, 0.25) is 0 Å². The lowest BCUT2D eigenvalue weighted by atomic mass is 10.2. The Hall–Kier alpha value is -2.65. The number of nitrogens with one attached hydrogen (secondary N) is 1. The van der Waals surface area contributed by atoms with Gasteiger partial charge in [0.1, 0.15) is 10.7 Å². The lowest BCUT2D eigenvalue weighted by Gasteiger charge is -2.05. The molecule has 3 heterocycles. The van der Waals surface area contributed by atoms with E-state index in [1.54, 1.807) is 16.0 Å². The van der Waals surface area contributed by atoms with Crippen LogP contribution in [0.4, 0.5) is 5.82 Å². The van der Waals surface area contributed by atoms with Gasteiger partial charge < -0.3 is 5.32 Å². The summed E-state index contributed by atoms with van der Waals surface area (Å²) < 4.78 is 6.70. The molecule has 3 aromatic heterocycles. The molecule has 0 atom stereocenters. The van der Waals surface area contributed by atoms with Crippen LogP contribution < -0.4 is 5.32 Å². The summed E-state index contributed by atoms with van der Waals surface area (Å²) in [5.74, 6) is 0.371. The van der Waals surface area contributed by atoms with E-state index in [0.717, 1.165) is 51.1 Å². The van der Waals surface area contributed by atoms with Gasteiger partial charge in [0.05, 0.1) is 21.6 Å². The molecule has 0 radical (unpaired) electrons. The van der Waals surface area contributed by atoms with Crippen LogP contribution in [0.1, 0.15) is 40.0 Å². The predicted molar refractivity (Wildman–Crippen MR) is 108 cm³/mol. The van der Waals surface area contributed by atoms with Gasteiger partial charge in [-0.2, -0.15) is 9.78 Å². The first-order valence-electron chi connectivity index (χ1n) is 8.62. The van der Waals surface area contributed by atoms with Gasteiger partial charge in [-0.05, 0) is 49.5 Å². The van der Waals surface area contributed by atoms with E-state index in [1.165, 1.54) is 5.56 Å². The molecule has 27 heavy (non-hydrogen) atoms. The molecule has 138 valence electrons. The zero-order valence-corrected chi connectivity index (χ0v) is 16.8. The smallest absolute Gasteiger partial charge is 0.270 e. The van der Waals surface area contributed by atoms with E-state index >= 15 is 0 Å². The second kappa shape index (κ2) is 7.16. The Kier molecular flexibility index (Phi) is 4.71. The molecule has 1 N–H and O–H groups in total. The molecule has 0 saturated heterocycles. The number of carbonyl (C=O) groups is 1. The normalized spacial score (nSPS) is 11.2. The molecule has 0 bridgehead atoms. The fraction of sp³-hybridized carbons (Fsp3) is 0.278. The van der Waals surface area contributed by atoms with E-state index in [-0.39, 0.29) is 5.91 Å². The highest BCUT2D eigenvalue weighted by Gasteiger charge is 2.19. The zero-order valence-electron chi connectivity index (χ0n) is 15.2. The van der Waals surface area contributed by atoms with Gasteiger partial charge >= 0.3 is 0 Å². The number of nitrogens with zero attached hydrogens (tertiary/aromatic N) is 5. The number of fused-ring (bicyclic) bond motifs is 1. The summed E-state index contributed by atoms with van der Waals surface area (Å²) in [4.78, 5) is 17.9. The van der Waals surface area contributed by atoms with Gasteiger partial charge in [0.2, 0.25) is 5.13 Å². The number of benzene rings is 1. The fourth-order valence-electron chi connectivity index (χ4n) is 2.80. The van der Waals surface area contributed by atoms with E-state index in [9.17, 15) is 4.79 Å². The third-order valence-corrected chi connectivity index (χ3v) is 5.80. The third-order valence-electron chi connectivity index (χ3n) is 4.04. The second-order valence-electron chi connectivity index (χ2n) is 6.30. The molecule has 1 aromatic carbocycles. The number of hydrogen-bond donors (Lipinski definition) is 1. The maximum absolute atomic E-state index is 12.7. The Morgan fingerprint density at radius 2 is 2.11 bits per heavy atom. The molecule has 0 aliphatic carbocycles. The van der Waals surface area contributed by atoms with Crippen molar-refractivity contribution in [2.24, 2.45) is 0 Å². The molecule has 0 aliphatic rings. The minimum absolute atomic E-state index is 0.216. The first-order valence-corrected chi connectivity index (χ1v) is 10.2. The zero-order chi connectivity index (χ0) is 19.0. The summed E-state index contributed by atoms with van der Waals surface area (Å²) >= 11 is 2.66. The Labute approximate surface area is 164 Å². The van der Waals surface area contributed by atoms with Crippen molar-refractivity contribution in [2.75, 3.05) is 5.32 Å². The average Bonchev–Trinajstić information content (AvgIpc) is 3.33. The number of thiazole rings is 1. The molecule has 1 amide bonds. The molecule has 0 saturated carbocycles. The van der Waals surface area contributed by atoms with Crippen LogP contribution in [0, 0.1) is 13.8 Å². The van der Waals surface area contributed by atoms with Crippen LogP contribution in [0.25, 0.3) is 15.3 Å². The summed E-state index contributed by atoms with van der Waals surface area (Å²) in [5, 5.41) is 12.2. The summed E-state index contributed by atoms with van der Waals surface area (Å²) in [6, 6.07) is 7.97. The van der Waals surface area contributed by atoms with Gasteiger partial charge in [-0.1, -0.05) is 35.2 Å². The highest BCUT2D eigenvalue weighted by atomic mass is 32.1. The van der Waals surface area contributed by atoms with E-state index in [1.807, 2.05) is 32.0 Å². The highest BCUT2D eigenvalue weighted by Crippen LogP contribution is 2.28. The molecular formula is C18H18N6OS2. The Balaban J connectivity index is 1.68. The Bertz CT molecular complexity index is 1130. The molecule has 9 heteroatoms. The van der Waals surface area contributed by atoms with Crippen molar-refractivity contribution >= 4 is 44.8 Å². The van der Waals surface area contributed by atoms with Crippen molar-refractivity contribution in [1.82, 2.24) is 24.4 Å². The minimum atomic E-state index is -0.216. The van der Waals surface area contributed by atoms with E-state index < -0.39 is 0 Å². The number of rotatable bonds is 5. The first kappa shape index (κ1) is 17.7. The molecular weight excluding hydrogens is 380 g/mol. The summed E-state index contributed by atoms with van der Waals surface area (Å²) in [7, 11) is 0. The summed E-state index contributed by atoms with van der Waals surface area (Å²) in [6.45, 7) is 5.99. The van der Waals surface area contributed by atoms with Crippen molar-refractivity contribution < 1.29 is 4.79 Å². The molecule has 4 rings (SSSR count). The van der Waals surface area contributed by atoms with Gasteiger partial charge in [-0.3, -0.25) is 4.79 Å². The van der Waals surface area contributed by atoms with Crippen LogP contribution in [0.3, 0.4) is 0 Å². The molecule has 4 aromatic rings.